The molecule has 0 bridgehead atoms. The molecule has 0 aliphatic carbocycles. The Morgan fingerprint density at radius 3 is 2.54 bits per heavy atom. The van der Waals surface area contributed by atoms with Crippen molar-refractivity contribution in [3.63, 3.8) is 0 Å². The lowest BCUT2D eigenvalue weighted by atomic mass is 10.2. The van der Waals surface area contributed by atoms with Crippen molar-refractivity contribution in [2.45, 2.75) is 5.75 Å². The Balaban J connectivity index is 1.64. The highest BCUT2D eigenvalue weighted by molar-refractivity contribution is 7.98. The zero-order valence-corrected chi connectivity index (χ0v) is 14.8. The van der Waals surface area contributed by atoms with Gasteiger partial charge in [0.1, 0.15) is 0 Å². The predicted molar refractivity (Wildman–Crippen MR) is 101 cm³/mol. The second-order valence-electron chi connectivity index (χ2n) is 5.38. The number of benzene rings is 2. The smallest absolute Gasteiger partial charge is 0.270 e. The van der Waals surface area contributed by atoms with Gasteiger partial charge in [0, 0.05) is 35.7 Å². The standard InChI is InChI=1S/C18H19N3O4S/c22-17(19-9-10-26-13-14-5-2-1-3-6-14)12-20-18(23)15-7-4-8-16(11-15)21(24)25/h1-8,11H,9-10,12-13H2,(H,19,22)(H,20,23). The minimum atomic E-state index is -0.573. The maximum Gasteiger partial charge on any atom is 0.270 e. The lowest BCUT2D eigenvalue weighted by Crippen LogP contribution is -2.37. The van der Waals surface area contributed by atoms with Gasteiger partial charge in [0.2, 0.25) is 5.91 Å². The van der Waals surface area contributed by atoms with Crippen LogP contribution in [0.25, 0.3) is 0 Å². The van der Waals surface area contributed by atoms with Crippen LogP contribution in [0.3, 0.4) is 0 Å². The SMILES string of the molecule is O=C(CNC(=O)c1cccc([N+](=O)[O-])c1)NCCSCc1ccccc1. The topological polar surface area (TPSA) is 101 Å². The molecule has 0 aliphatic rings. The number of carbonyl (C=O) groups excluding carboxylic acids is 2. The van der Waals surface area contributed by atoms with E-state index in [0.717, 1.165) is 11.5 Å². The third-order valence-electron chi connectivity index (χ3n) is 3.41. The number of nitrogens with zero attached hydrogens (tertiary/aromatic N) is 1. The first-order valence-corrected chi connectivity index (χ1v) is 9.13. The molecule has 2 rings (SSSR count). The van der Waals surface area contributed by atoms with Crippen molar-refractivity contribution in [1.29, 1.82) is 0 Å². The van der Waals surface area contributed by atoms with Crippen LogP contribution in [0, 0.1) is 10.1 Å². The maximum absolute atomic E-state index is 11.9. The molecule has 2 amide bonds. The third-order valence-corrected chi connectivity index (χ3v) is 4.44. The molecule has 0 radical (unpaired) electrons. The number of nitro benzene ring substituents is 1. The van der Waals surface area contributed by atoms with Crippen molar-refractivity contribution < 1.29 is 14.5 Å². The van der Waals surface area contributed by atoms with Crippen molar-refractivity contribution in [3.05, 3.63) is 75.8 Å². The summed E-state index contributed by atoms with van der Waals surface area (Å²) in [5.41, 5.74) is 1.20. The lowest BCUT2D eigenvalue weighted by Gasteiger charge is -2.07. The van der Waals surface area contributed by atoms with Crippen molar-refractivity contribution in [2.24, 2.45) is 0 Å². The third kappa shape index (κ3) is 6.56. The van der Waals surface area contributed by atoms with Crippen LogP contribution in [0.5, 0.6) is 0 Å². The van der Waals surface area contributed by atoms with Gasteiger partial charge in [-0.3, -0.25) is 19.7 Å². The zero-order valence-electron chi connectivity index (χ0n) is 14.0. The molecular formula is C18H19N3O4S. The molecule has 2 aromatic rings. The van der Waals surface area contributed by atoms with Crippen LogP contribution in [0.4, 0.5) is 5.69 Å². The predicted octanol–water partition coefficient (Wildman–Crippen LogP) is 2.37. The highest BCUT2D eigenvalue weighted by Crippen LogP contribution is 2.13. The number of rotatable bonds is 9. The molecule has 0 atom stereocenters. The average Bonchev–Trinajstić information content (AvgIpc) is 2.66. The van der Waals surface area contributed by atoms with E-state index in [1.165, 1.54) is 29.8 Å². The first kappa shape index (κ1) is 19.5. The van der Waals surface area contributed by atoms with E-state index in [0.29, 0.717) is 6.54 Å². The Bertz CT molecular complexity index is 768. The molecule has 0 aromatic heterocycles. The summed E-state index contributed by atoms with van der Waals surface area (Å²) in [5.74, 6) is 0.811. The Hall–Kier alpha value is -2.87. The summed E-state index contributed by atoms with van der Waals surface area (Å²) in [7, 11) is 0. The highest BCUT2D eigenvalue weighted by Gasteiger charge is 2.12. The van der Waals surface area contributed by atoms with Gasteiger partial charge in [0.05, 0.1) is 11.5 Å². The lowest BCUT2D eigenvalue weighted by molar-refractivity contribution is -0.384. The van der Waals surface area contributed by atoms with Gasteiger partial charge in [-0.15, -0.1) is 0 Å². The number of hydrogen-bond acceptors (Lipinski definition) is 5. The van der Waals surface area contributed by atoms with Gasteiger partial charge in [0.15, 0.2) is 0 Å². The minimum Gasteiger partial charge on any atom is -0.354 e. The zero-order chi connectivity index (χ0) is 18.8. The van der Waals surface area contributed by atoms with Gasteiger partial charge < -0.3 is 10.6 Å². The number of carbonyl (C=O) groups is 2. The summed E-state index contributed by atoms with van der Waals surface area (Å²) in [5, 5.41) is 15.9. The second-order valence-corrected chi connectivity index (χ2v) is 6.48. The van der Waals surface area contributed by atoms with Gasteiger partial charge in [-0.1, -0.05) is 36.4 Å². The first-order valence-electron chi connectivity index (χ1n) is 7.97. The second kappa shape index (κ2) is 10.2. The van der Waals surface area contributed by atoms with Crippen LogP contribution in [-0.4, -0.2) is 35.6 Å². The molecule has 2 aromatic carbocycles. The molecule has 0 heterocycles. The maximum atomic E-state index is 11.9. The van der Waals surface area contributed by atoms with Crippen LogP contribution in [0.1, 0.15) is 15.9 Å². The molecule has 0 saturated heterocycles. The Morgan fingerprint density at radius 1 is 1.04 bits per heavy atom. The Labute approximate surface area is 155 Å². The van der Waals surface area contributed by atoms with Gasteiger partial charge in [-0.2, -0.15) is 11.8 Å². The average molecular weight is 373 g/mol. The van der Waals surface area contributed by atoms with Gasteiger partial charge in [0.25, 0.3) is 11.6 Å². The Morgan fingerprint density at radius 2 is 1.81 bits per heavy atom. The van der Waals surface area contributed by atoms with Crippen LogP contribution in [-0.2, 0) is 10.5 Å². The van der Waals surface area contributed by atoms with E-state index in [-0.39, 0.29) is 23.7 Å². The molecule has 136 valence electrons. The van der Waals surface area contributed by atoms with Crippen molar-refractivity contribution in [3.8, 4) is 0 Å². The van der Waals surface area contributed by atoms with Crippen molar-refractivity contribution in [2.75, 3.05) is 18.8 Å². The van der Waals surface area contributed by atoms with E-state index in [9.17, 15) is 19.7 Å². The molecular weight excluding hydrogens is 354 g/mol. The van der Waals surface area contributed by atoms with Gasteiger partial charge in [-0.25, -0.2) is 0 Å². The number of thioether (sulfide) groups is 1. The minimum absolute atomic E-state index is 0.144. The van der Waals surface area contributed by atoms with E-state index in [1.807, 2.05) is 18.2 Å². The molecule has 0 fully saturated rings. The van der Waals surface area contributed by atoms with E-state index >= 15 is 0 Å². The normalized spacial score (nSPS) is 10.2. The monoisotopic (exact) mass is 373 g/mol. The molecule has 0 aliphatic heterocycles. The quantitative estimate of drug-likeness (QED) is 0.399. The van der Waals surface area contributed by atoms with E-state index in [2.05, 4.69) is 22.8 Å². The number of amides is 2. The summed E-state index contributed by atoms with van der Waals surface area (Å²) in [6.07, 6.45) is 0. The molecule has 0 spiro atoms. The summed E-state index contributed by atoms with van der Waals surface area (Å²) < 4.78 is 0. The summed E-state index contributed by atoms with van der Waals surface area (Å²) in [4.78, 5) is 33.8. The fourth-order valence-corrected chi connectivity index (χ4v) is 2.93. The van der Waals surface area contributed by atoms with E-state index in [4.69, 9.17) is 0 Å². The molecule has 0 saturated carbocycles. The molecule has 2 N–H and O–H groups in total. The number of hydrogen-bond donors (Lipinski definition) is 2. The van der Waals surface area contributed by atoms with Crippen LogP contribution in [0.2, 0.25) is 0 Å². The fourth-order valence-electron chi connectivity index (χ4n) is 2.11. The molecule has 7 nitrogen and oxygen atoms in total. The van der Waals surface area contributed by atoms with E-state index < -0.39 is 10.8 Å². The van der Waals surface area contributed by atoms with Crippen LogP contribution >= 0.6 is 11.8 Å². The molecule has 26 heavy (non-hydrogen) atoms. The number of non-ortho nitro benzene ring substituents is 1. The van der Waals surface area contributed by atoms with Crippen molar-refractivity contribution in [1.82, 2.24) is 10.6 Å². The van der Waals surface area contributed by atoms with Crippen LogP contribution in [0.15, 0.2) is 54.6 Å². The summed E-state index contributed by atoms with van der Waals surface area (Å²) >= 11 is 1.71. The number of nitro groups is 1. The highest BCUT2D eigenvalue weighted by atomic mass is 32.2. The Kier molecular flexibility index (Phi) is 7.63. The largest absolute Gasteiger partial charge is 0.354 e. The van der Waals surface area contributed by atoms with E-state index in [1.54, 1.807) is 11.8 Å². The molecule has 0 unspecified atom stereocenters. The summed E-state index contributed by atoms with van der Waals surface area (Å²) in [6.45, 7) is 0.327. The fraction of sp³-hybridized carbons (Fsp3) is 0.222. The van der Waals surface area contributed by atoms with Gasteiger partial charge in [-0.05, 0) is 11.6 Å². The summed E-state index contributed by atoms with van der Waals surface area (Å²) in [6, 6.07) is 15.4. The van der Waals surface area contributed by atoms with Crippen molar-refractivity contribution >= 4 is 29.3 Å². The first-order chi connectivity index (χ1) is 12.6. The van der Waals surface area contributed by atoms with Crippen LogP contribution < -0.4 is 10.6 Å². The number of nitrogens with one attached hydrogen (secondary N) is 2. The van der Waals surface area contributed by atoms with Gasteiger partial charge >= 0.3 is 0 Å². The molecule has 8 heteroatoms.